The van der Waals surface area contributed by atoms with E-state index in [9.17, 15) is 4.79 Å². The number of hydroxylamine groups is 2. The molecule has 0 saturated carbocycles. The van der Waals surface area contributed by atoms with E-state index in [1.54, 1.807) is 5.06 Å². The van der Waals surface area contributed by atoms with Crippen LogP contribution in [0.4, 0.5) is 0 Å². The smallest absolute Gasteiger partial charge is 0.249 e. The van der Waals surface area contributed by atoms with Gasteiger partial charge in [-0.1, -0.05) is 6.92 Å². The molecular weight excluding hydrogens is 206 g/mol. The second kappa shape index (κ2) is 5.64. The predicted octanol–water partition coefficient (Wildman–Crippen LogP) is 1.75. The third kappa shape index (κ3) is 2.74. The van der Waals surface area contributed by atoms with E-state index in [0.717, 1.165) is 38.6 Å². The van der Waals surface area contributed by atoms with Crippen molar-refractivity contribution in [2.75, 3.05) is 19.8 Å². The van der Waals surface area contributed by atoms with Gasteiger partial charge in [0.15, 0.2) is 0 Å². The van der Waals surface area contributed by atoms with Gasteiger partial charge in [0.25, 0.3) is 0 Å². The zero-order valence-electron chi connectivity index (χ0n) is 9.98. The molecule has 0 aromatic rings. The summed E-state index contributed by atoms with van der Waals surface area (Å²) in [7, 11) is 0. The Morgan fingerprint density at radius 3 is 2.94 bits per heavy atom. The molecule has 0 aromatic carbocycles. The van der Waals surface area contributed by atoms with Gasteiger partial charge in [-0.2, -0.15) is 0 Å². The van der Waals surface area contributed by atoms with Gasteiger partial charge in [0.2, 0.25) is 5.91 Å². The van der Waals surface area contributed by atoms with Crippen molar-refractivity contribution in [2.45, 2.75) is 45.1 Å². The molecule has 2 fully saturated rings. The molecule has 0 bridgehead atoms. The van der Waals surface area contributed by atoms with Crippen molar-refractivity contribution in [2.24, 2.45) is 5.92 Å². The number of carbonyl (C=O) groups is 1. The number of ether oxygens (including phenoxy) is 1. The second-order valence-corrected chi connectivity index (χ2v) is 4.60. The van der Waals surface area contributed by atoms with Crippen LogP contribution in [0.1, 0.15) is 39.0 Å². The second-order valence-electron chi connectivity index (χ2n) is 4.60. The molecule has 0 aliphatic carbocycles. The summed E-state index contributed by atoms with van der Waals surface area (Å²) in [6.45, 7) is 4.26. The van der Waals surface area contributed by atoms with Crippen molar-refractivity contribution < 1.29 is 14.4 Å². The molecule has 92 valence electrons. The standard InChI is InChI=1S/C12H21NO3/c1-2-11-9-10(5-8-15-11)12(14)13-6-3-4-7-16-13/h10-11H,2-9H2,1H3/t10-,11-/m1/s1. The normalized spacial score (nSPS) is 31.4. The van der Waals surface area contributed by atoms with Gasteiger partial charge in [0.05, 0.1) is 12.7 Å². The molecule has 0 radical (unpaired) electrons. The van der Waals surface area contributed by atoms with Gasteiger partial charge >= 0.3 is 0 Å². The minimum Gasteiger partial charge on any atom is -0.378 e. The van der Waals surface area contributed by atoms with Crippen LogP contribution in [-0.2, 0) is 14.4 Å². The topological polar surface area (TPSA) is 38.8 Å². The Hall–Kier alpha value is -0.610. The van der Waals surface area contributed by atoms with Crippen molar-refractivity contribution in [3.05, 3.63) is 0 Å². The van der Waals surface area contributed by atoms with Crippen LogP contribution in [0.5, 0.6) is 0 Å². The highest BCUT2D eigenvalue weighted by Crippen LogP contribution is 2.25. The van der Waals surface area contributed by atoms with Gasteiger partial charge in [-0.25, -0.2) is 5.06 Å². The Morgan fingerprint density at radius 1 is 1.38 bits per heavy atom. The predicted molar refractivity (Wildman–Crippen MR) is 59.7 cm³/mol. The Morgan fingerprint density at radius 2 is 2.25 bits per heavy atom. The molecular formula is C12H21NO3. The Labute approximate surface area is 96.8 Å². The first-order valence-corrected chi connectivity index (χ1v) is 6.37. The van der Waals surface area contributed by atoms with E-state index in [4.69, 9.17) is 9.57 Å². The first-order chi connectivity index (χ1) is 7.81. The van der Waals surface area contributed by atoms with Gasteiger partial charge in [0, 0.05) is 19.1 Å². The van der Waals surface area contributed by atoms with Crippen LogP contribution in [0, 0.1) is 5.92 Å². The van der Waals surface area contributed by atoms with Crippen LogP contribution in [0.2, 0.25) is 0 Å². The van der Waals surface area contributed by atoms with Gasteiger partial charge in [-0.15, -0.1) is 0 Å². The molecule has 4 nitrogen and oxygen atoms in total. The molecule has 2 saturated heterocycles. The number of hydrogen-bond acceptors (Lipinski definition) is 3. The molecule has 2 rings (SSSR count). The Balaban J connectivity index is 1.87. The van der Waals surface area contributed by atoms with E-state index >= 15 is 0 Å². The number of nitrogens with zero attached hydrogens (tertiary/aromatic N) is 1. The lowest BCUT2D eigenvalue weighted by Gasteiger charge is -2.33. The number of carbonyl (C=O) groups excluding carboxylic acids is 1. The third-order valence-electron chi connectivity index (χ3n) is 3.42. The summed E-state index contributed by atoms with van der Waals surface area (Å²) < 4.78 is 5.58. The molecule has 0 N–H and O–H groups in total. The van der Waals surface area contributed by atoms with Crippen LogP contribution in [0.15, 0.2) is 0 Å². The fourth-order valence-corrected chi connectivity index (χ4v) is 2.36. The Kier molecular flexibility index (Phi) is 4.18. The highest BCUT2D eigenvalue weighted by molar-refractivity contribution is 5.78. The van der Waals surface area contributed by atoms with Crippen LogP contribution >= 0.6 is 0 Å². The van der Waals surface area contributed by atoms with Gasteiger partial charge in [0.1, 0.15) is 0 Å². The molecule has 0 unspecified atom stereocenters. The zero-order chi connectivity index (χ0) is 11.4. The highest BCUT2D eigenvalue weighted by Gasteiger charge is 2.31. The van der Waals surface area contributed by atoms with E-state index in [-0.39, 0.29) is 17.9 Å². The molecule has 2 heterocycles. The monoisotopic (exact) mass is 227 g/mol. The lowest BCUT2D eigenvalue weighted by molar-refractivity contribution is -0.204. The summed E-state index contributed by atoms with van der Waals surface area (Å²) in [6.07, 6.45) is 5.07. The highest BCUT2D eigenvalue weighted by atomic mass is 16.7. The fraction of sp³-hybridized carbons (Fsp3) is 0.917. The number of amides is 1. The van der Waals surface area contributed by atoms with Crippen molar-refractivity contribution in [3.63, 3.8) is 0 Å². The van der Waals surface area contributed by atoms with Crippen molar-refractivity contribution in [1.29, 1.82) is 0 Å². The van der Waals surface area contributed by atoms with E-state index < -0.39 is 0 Å². The maximum Gasteiger partial charge on any atom is 0.249 e. The minimum absolute atomic E-state index is 0.108. The lowest BCUT2D eigenvalue weighted by Crippen LogP contribution is -2.42. The molecule has 2 aliphatic heterocycles. The quantitative estimate of drug-likeness (QED) is 0.721. The van der Waals surface area contributed by atoms with Crippen molar-refractivity contribution in [1.82, 2.24) is 5.06 Å². The van der Waals surface area contributed by atoms with E-state index in [0.29, 0.717) is 13.2 Å². The summed E-state index contributed by atoms with van der Waals surface area (Å²) in [5.41, 5.74) is 0. The van der Waals surface area contributed by atoms with Crippen LogP contribution in [-0.4, -0.2) is 36.8 Å². The van der Waals surface area contributed by atoms with Crippen molar-refractivity contribution in [3.8, 4) is 0 Å². The van der Waals surface area contributed by atoms with E-state index in [1.807, 2.05) is 0 Å². The average Bonchev–Trinajstić information content (AvgIpc) is 2.39. The van der Waals surface area contributed by atoms with E-state index in [1.165, 1.54) is 0 Å². The van der Waals surface area contributed by atoms with Gasteiger partial charge in [-0.3, -0.25) is 9.63 Å². The van der Waals surface area contributed by atoms with Crippen molar-refractivity contribution >= 4 is 5.91 Å². The molecule has 1 amide bonds. The molecule has 0 spiro atoms. The van der Waals surface area contributed by atoms with Crippen LogP contribution < -0.4 is 0 Å². The number of hydrogen-bond donors (Lipinski definition) is 0. The third-order valence-corrected chi connectivity index (χ3v) is 3.42. The zero-order valence-corrected chi connectivity index (χ0v) is 9.98. The maximum atomic E-state index is 12.2. The number of rotatable bonds is 2. The van der Waals surface area contributed by atoms with Crippen LogP contribution in [0.25, 0.3) is 0 Å². The summed E-state index contributed by atoms with van der Waals surface area (Å²) >= 11 is 0. The molecule has 0 aromatic heterocycles. The largest absolute Gasteiger partial charge is 0.378 e. The molecule has 4 heteroatoms. The molecule has 2 atom stereocenters. The lowest BCUT2D eigenvalue weighted by atomic mass is 9.93. The van der Waals surface area contributed by atoms with Gasteiger partial charge < -0.3 is 4.74 Å². The summed E-state index contributed by atoms with van der Waals surface area (Å²) in [6, 6.07) is 0. The molecule has 2 aliphatic rings. The average molecular weight is 227 g/mol. The summed E-state index contributed by atoms with van der Waals surface area (Å²) in [4.78, 5) is 17.6. The van der Waals surface area contributed by atoms with Gasteiger partial charge in [-0.05, 0) is 32.1 Å². The SMILES string of the molecule is CC[C@@H]1C[C@H](C(=O)N2CCCCO2)CCO1. The van der Waals surface area contributed by atoms with Crippen LogP contribution in [0.3, 0.4) is 0 Å². The van der Waals surface area contributed by atoms with E-state index in [2.05, 4.69) is 6.92 Å². The first-order valence-electron chi connectivity index (χ1n) is 6.37. The minimum atomic E-state index is 0.108. The first kappa shape index (κ1) is 11.9. The fourth-order valence-electron chi connectivity index (χ4n) is 2.36. The molecule has 16 heavy (non-hydrogen) atoms. The maximum absolute atomic E-state index is 12.2. The summed E-state index contributed by atoms with van der Waals surface area (Å²) in [5, 5.41) is 1.58. The summed E-state index contributed by atoms with van der Waals surface area (Å²) in [5.74, 6) is 0.276. The Bertz CT molecular complexity index is 238.